The van der Waals surface area contributed by atoms with Gasteiger partial charge in [-0.1, -0.05) is 26.0 Å². The number of hydrogen-bond donors (Lipinski definition) is 4. The molecule has 212 valence electrons. The van der Waals surface area contributed by atoms with Crippen LogP contribution in [0.2, 0.25) is 0 Å². The molecule has 0 aliphatic carbocycles. The zero-order valence-electron chi connectivity index (χ0n) is 21.5. The standard InChI is InChI=1S/C24H30N4O10S/c1-14(2)22(27-23(33)18(39(35,36)37)10-11-28-20(31)8-9-21(28)32)24(34)25-12-19(30)26-17-6-4-16(5-7-17)13-38-15(3)29/h4-9,14,18,22H,10-13H2,1-3H3,(H,25,34)(H,26,30)(H,27,33)(H,35,36,37)/t18-,22?/m1/s1. The van der Waals surface area contributed by atoms with Crippen molar-refractivity contribution in [2.24, 2.45) is 5.92 Å². The fourth-order valence-corrected chi connectivity index (χ4v) is 4.19. The van der Waals surface area contributed by atoms with E-state index in [0.717, 1.165) is 12.2 Å². The SMILES string of the molecule is CC(=O)OCc1ccc(NC(=O)CNC(=O)C(NC(=O)[C@@H](CCN2C(=O)C=CC2=O)S(=O)(=O)O)C(C)C)cc1. The van der Waals surface area contributed by atoms with E-state index in [1.807, 2.05) is 0 Å². The third-order valence-electron chi connectivity index (χ3n) is 5.52. The van der Waals surface area contributed by atoms with Crippen LogP contribution in [-0.2, 0) is 50.2 Å². The lowest BCUT2D eigenvalue weighted by atomic mass is 10.0. The molecule has 0 radical (unpaired) electrons. The van der Waals surface area contributed by atoms with E-state index in [-0.39, 0.29) is 6.61 Å². The highest BCUT2D eigenvalue weighted by atomic mass is 32.2. The first-order valence-electron chi connectivity index (χ1n) is 11.8. The van der Waals surface area contributed by atoms with E-state index in [1.54, 1.807) is 38.1 Å². The molecule has 1 aliphatic heterocycles. The summed E-state index contributed by atoms with van der Waals surface area (Å²) in [6, 6.07) is 5.15. The number of carbonyl (C=O) groups is 6. The number of ether oxygens (including phenoxy) is 1. The van der Waals surface area contributed by atoms with Gasteiger partial charge in [0.25, 0.3) is 21.9 Å². The average Bonchev–Trinajstić information content (AvgIpc) is 3.16. The lowest BCUT2D eigenvalue weighted by Gasteiger charge is -2.24. The van der Waals surface area contributed by atoms with Crippen molar-refractivity contribution < 1.29 is 46.5 Å². The Morgan fingerprint density at radius 3 is 2.10 bits per heavy atom. The number of nitrogens with zero attached hydrogens (tertiary/aromatic N) is 1. The molecule has 0 saturated heterocycles. The highest BCUT2D eigenvalue weighted by molar-refractivity contribution is 7.87. The lowest BCUT2D eigenvalue weighted by Crippen LogP contribution is -2.54. The second kappa shape index (κ2) is 13.6. The summed E-state index contributed by atoms with van der Waals surface area (Å²) in [5, 5.41) is 5.12. The number of carbonyl (C=O) groups excluding carboxylic acids is 6. The molecule has 1 heterocycles. The van der Waals surface area contributed by atoms with Gasteiger partial charge in [0.05, 0.1) is 6.54 Å². The monoisotopic (exact) mass is 566 g/mol. The molecule has 0 spiro atoms. The van der Waals surface area contributed by atoms with E-state index in [1.165, 1.54) is 6.92 Å². The van der Waals surface area contributed by atoms with Crippen molar-refractivity contribution in [3.05, 3.63) is 42.0 Å². The van der Waals surface area contributed by atoms with Crippen molar-refractivity contribution in [3.8, 4) is 0 Å². The molecule has 1 aliphatic rings. The van der Waals surface area contributed by atoms with E-state index in [9.17, 15) is 41.7 Å². The van der Waals surface area contributed by atoms with Crippen molar-refractivity contribution in [3.63, 3.8) is 0 Å². The number of amides is 5. The van der Waals surface area contributed by atoms with Gasteiger partial charge in [-0.3, -0.25) is 38.2 Å². The maximum absolute atomic E-state index is 12.7. The van der Waals surface area contributed by atoms with Crippen molar-refractivity contribution in [2.75, 3.05) is 18.4 Å². The Hall–Kier alpha value is -4.11. The molecule has 1 unspecified atom stereocenters. The highest BCUT2D eigenvalue weighted by Crippen LogP contribution is 2.13. The number of esters is 1. The van der Waals surface area contributed by atoms with Crippen LogP contribution in [0.4, 0.5) is 5.69 Å². The molecule has 1 aromatic carbocycles. The first kappa shape index (κ1) is 31.1. The van der Waals surface area contributed by atoms with Crippen LogP contribution < -0.4 is 16.0 Å². The second-order valence-electron chi connectivity index (χ2n) is 8.93. The molecule has 5 amide bonds. The van der Waals surface area contributed by atoms with Gasteiger partial charge in [0, 0.05) is 31.3 Å². The van der Waals surface area contributed by atoms with Gasteiger partial charge >= 0.3 is 5.97 Å². The predicted molar refractivity (Wildman–Crippen MR) is 136 cm³/mol. The Balaban J connectivity index is 1.94. The molecule has 0 fully saturated rings. The van der Waals surface area contributed by atoms with Crippen LogP contribution in [0.5, 0.6) is 0 Å². The van der Waals surface area contributed by atoms with Crippen LogP contribution in [0.3, 0.4) is 0 Å². The quantitative estimate of drug-likeness (QED) is 0.137. The Bertz CT molecular complexity index is 1240. The van der Waals surface area contributed by atoms with E-state index >= 15 is 0 Å². The highest BCUT2D eigenvalue weighted by Gasteiger charge is 2.36. The van der Waals surface area contributed by atoms with Crippen LogP contribution in [0.25, 0.3) is 0 Å². The van der Waals surface area contributed by atoms with E-state index in [2.05, 4.69) is 16.0 Å². The van der Waals surface area contributed by atoms with Crippen LogP contribution in [-0.4, -0.2) is 77.8 Å². The van der Waals surface area contributed by atoms with Gasteiger partial charge in [-0.15, -0.1) is 0 Å². The summed E-state index contributed by atoms with van der Waals surface area (Å²) in [6.07, 6.45) is 1.38. The van der Waals surface area contributed by atoms with Gasteiger partial charge in [-0.2, -0.15) is 8.42 Å². The number of nitrogens with one attached hydrogen (secondary N) is 3. The normalized spacial score (nSPS) is 14.6. The van der Waals surface area contributed by atoms with Gasteiger partial charge in [-0.05, 0) is 30.0 Å². The van der Waals surface area contributed by atoms with Crippen LogP contribution >= 0.6 is 0 Å². The molecular formula is C24H30N4O10S. The zero-order valence-corrected chi connectivity index (χ0v) is 22.3. The average molecular weight is 567 g/mol. The third kappa shape index (κ3) is 9.61. The minimum atomic E-state index is -4.96. The third-order valence-corrected chi connectivity index (χ3v) is 6.69. The molecule has 39 heavy (non-hydrogen) atoms. The molecular weight excluding hydrogens is 536 g/mol. The summed E-state index contributed by atoms with van der Waals surface area (Å²) in [4.78, 5) is 72.7. The van der Waals surface area contributed by atoms with E-state index in [4.69, 9.17) is 4.74 Å². The largest absolute Gasteiger partial charge is 0.461 e. The Labute approximate surface area is 224 Å². The van der Waals surface area contributed by atoms with Crippen molar-refractivity contribution >= 4 is 51.3 Å². The molecule has 0 aromatic heterocycles. The molecule has 4 N–H and O–H groups in total. The van der Waals surface area contributed by atoms with Crippen LogP contribution in [0.15, 0.2) is 36.4 Å². The number of anilines is 1. The van der Waals surface area contributed by atoms with Crippen LogP contribution in [0, 0.1) is 5.92 Å². The summed E-state index contributed by atoms with van der Waals surface area (Å²) in [5.41, 5.74) is 1.11. The summed E-state index contributed by atoms with van der Waals surface area (Å²) < 4.78 is 38.1. The van der Waals surface area contributed by atoms with Gasteiger partial charge in [0.2, 0.25) is 17.7 Å². The molecule has 0 bridgehead atoms. The Kier molecular flexibility index (Phi) is 10.9. The minimum absolute atomic E-state index is 0.0755. The Morgan fingerprint density at radius 2 is 1.59 bits per heavy atom. The van der Waals surface area contributed by atoms with Crippen molar-refractivity contribution in [1.82, 2.24) is 15.5 Å². The second-order valence-corrected chi connectivity index (χ2v) is 10.5. The first-order valence-corrected chi connectivity index (χ1v) is 13.3. The topological polar surface area (TPSA) is 205 Å². The molecule has 0 saturated carbocycles. The van der Waals surface area contributed by atoms with E-state index in [0.29, 0.717) is 16.2 Å². The minimum Gasteiger partial charge on any atom is -0.461 e. The van der Waals surface area contributed by atoms with Gasteiger partial charge in [-0.25, -0.2) is 0 Å². The maximum Gasteiger partial charge on any atom is 0.302 e. The number of benzene rings is 1. The fraction of sp³-hybridized carbons (Fsp3) is 0.417. The van der Waals surface area contributed by atoms with Gasteiger partial charge in [0.15, 0.2) is 5.25 Å². The predicted octanol–water partition coefficient (Wildman–Crippen LogP) is -0.483. The summed E-state index contributed by atoms with van der Waals surface area (Å²) >= 11 is 0. The molecule has 1 aromatic rings. The number of hydrogen-bond acceptors (Lipinski definition) is 9. The number of rotatable bonds is 13. The fourth-order valence-electron chi connectivity index (χ4n) is 3.45. The molecule has 2 rings (SSSR count). The van der Waals surface area contributed by atoms with Gasteiger partial charge < -0.3 is 20.7 Å². The zero-order chi connectivity index (χ0) is 29.3. The summed E-state index contributed by atoms with van der Waals surface area (Å²) in [5.74, 6) is -4.94. The number of imide groups is 1. The molecule has 15 heteroatoms. The summed E-state index contributed by atoms with van der Waals surface area (Å²) in [6.45, 7) is 3.57. The Morgan fingerprint density at radius 1 is 1.00 bits per heavy atom. The molecule has 2 atom stereocenters. The summed E-state index contributed by atoms with van der Waals surface area (Å²) in [7, 11) is -4.96. The first-order chi connectivity index (χ1) is 18.2. The van der Waals surface area contributed by atoms with Gasteiger partial charge in [0.1, 0.15) is 12.6 Å². The van der Waals surface area contributed by atoms with E-state index < -0.39 is 82.3 Å². The van der Waals surface area contributed by atoms with Crippen molar-refractivity contribution in [2.45, 2.75) is 45.1 Å². The lowest BCUT2D eigenvalue weighted by molar-refractivity contribution is -0.142. The van der Waals surface area contributed by atoms with Crippen molar-refractivity contribution in [1.29, 1.82) is 0 Å². The maximum atomic E-state index is 12.7. The molecule has 14 nitrogen and oxygen atoms in total. The van der Waals surface area contributed by atoms with Crippen LogP contribution in [0.1, 0.15) is 32.8 Å². The smallest absolute Gasteiger partial charge is 0.302 e.